The van der Waals surface area contributed by atoms with E-state index in [-0.39, 0.29) is 23.9 Å². The van der Waals surface area contributed by atoms with E-state index in [9.17, 15) is 22.8 Å². The Morgan fingerprint density at radius 2 is 1.74 bits per heavy atom. The number of methoxy groups -OCH3 is 2. The largest absolute Gasteiger partial charge is 0.493 e. The monoisotopic (exact) mass is 511 g/mol. The first kappa shape index (κ1) is 26.7. The van der Waals surface area contributed by atoms with Crippen LogP contribution in [0.5, 0.6) is 11.5 Å². The maximum absolute atomic E-state index is 13.2. The first-order valence-corrected chi connectivity index (χ1v) is 12.0. The molecule has 7 nitrogen and oxygen atoms in total. The van der Waals surface area contributed by atoms with Crippen LogP contribution >= 0.6 is 11.8 Å². The van der Waals surface area contributed by atoms with Crippen molar-refractivity contribution in [1.29, 1.82) is 0 Å². The van der Waals surface area contributed by atoms with Gasteiger partial charge in [-0.15, -0.1) is 11.8 Å². The summed E-state index contributed by atoms with van der Waals surface area (Å²) in [5.74, 6) is 0.915. The standard InChI is InChI=1S/C24H28F3N3O4S/c1-33-20-9-8-17(14-21(20)34-2)35-16-23(32)30-11-5-10-29(12-13-30)15-22(31)28-19-7-4-3-6-18(19)24(25,26)27/h3-4,6-9,14H,5,10-13,15-16H2,1-2H3,(H,28,31). The number of nitrogens with one attached hydrogen (secondary N) is 1. The van der Waals surface area contributed by atoms with Crippen molar-refractivity contribution >= 4 is 29.3 Å². The number of hydrogen-bond donors (Lipinski definition) is 1. The molecular weight excluding hydrogens is 483 g/mol. The second-order valence-electron chi connectivity index (χ2n) is 7.91. The Morgan fingerprint density at radius 1 is 1.00 bits per heavy atom. The molecule has 0 radical (unpaired) electrons. The van der Waals surface area contributed by atoms with E-state index < -0.39 is 17.6 Å². The molecule has 0 unspecified atom stereocenters. The Kier molecular flexibility index (Phi) is 9.27. The molecule has 11 heteroatoms. The van der Waals surface area contributed by atoms with Gasteiger partial charge in [0.25, 0.3) is 0 Å². The average Bonchev–Trinajstić information content (AvgIpc) is 3.07. The van der Waals surface area contributed by atoms with Gasteiger partial charge in [-0.2, -0.15) is 13.2 Å². The summed E-state index contributed by atoms with van der Waals surface area (Å²) in [6.07, 6.45) is -3.89. The zero-order valence-electron chi connectivity index (χ0n) is 19.6. The van der Waals surface area contributed by atoms with Crippen molar-refractivity contribution in [1.82, 2.24) is 9.80 Å². The molecule has 35 heavy (non-hydrogen) atoms. The maximum atomic E-state index is 13.2. The number of hydrogen-bond acceptors (Lipinski definition) is 6. The highest BCUT2D eigenvalue weighted by Gasteiger charge is 2.33. The summed E-state index contributed by atoms with van der Waals surface area (Å²) in [5, 5.41) is 2.37. The third kappa shape index (κ3) is 7.53. The lowest BCUT2D eigenvalue weighted by atomic mass is 10.1. The SMILES string of the molecule is COc1ccc(SCC(=O)N2CCCN(CC(=O)Nc3ccccc3C(F)(F)F)CC2)cc1OC. The van der Waals surface area contributed by atoms with Crippen LogP contribution in [0.3, 0.4) is 0 Å². The summed E-state index contributed by atoms with van der Waals surface area (Å²) in [7, 11) is 3.11. The van der Waals surface area contributed by atoms with E-state index in [0.29, 0.717) is 44.1 Å². The molecule has 2 aromatic rings. The van der Waals surface area contributed by atoms with Crippen LogP contribution in [-0.2, 0) is 15.8 Å². The van der Waals surface area contributed by atoms with Crippen molar-refractivity contribution in [3.05, 3.63) is 48.0 Å². The molecule has 0 aliphatic carbocycles. The Morgan fingerprint density at radius 3 is 2.46 bits per heavy atom. The fourth-order valence-corrected chi connectivity index (χ4v) is 4.58. The van der Waals surface area contributed by atoms with Gasteiger partial charge in [0.2, 0.25) is 11.8 Å². The minimum Gasteiger partial charge on any atom is -0.493 e. The minimum atomic E-state index is -4.55. The highest BCUT2D eigenvalue weighted by Crippen LogP contribution is 2.34. The van der Waals surface area contributed by atoms with Gasteiger partial charge in [-0.25, -0.2) is 0 Å². The molecule has 1 fully saturated rings. The number of alkyl halides is 3. The van der Waals surface area contributed by atoms with Gasteiger partial charge in [0.05, 0.1) is 37.8 Å². The van der Waals surface area contributed by atoms with Crippen LogP contribution < -0.4 is 14.8 Å². The number of benzene rings is 2. The van der Waals surface area contributed by atoms with Gasteiger partial charge < -0.3 is 19.7 Å². The molecule has 2 amide bonds. The van der Waals surface area contributed by atoms with Gasteiger partial charge in [0, 0.05) is 31.1 Å². The minimum absolute atomic E-state index is 0.0183. The van der Waals surface area contributed by atoms with Crippen molar-refractivity contribution < 1.29 is 32.2 Å². The first-order valence-electron chi connectivity index (χ1n) is 11.0. The average molecular weight is 512 g/mol. The van der Waals surface area contributed by atoms with E-state index in [1.165, 1.54) is 30.0 Å². The van der Waals surface area contributed by atoms with Crippen LogP contribution in [0.15, 0.2) is 47.4 Å². The van der Waals surface area contributed by atoms with E-state index in [2.05, 4.69) is 5.32 Å². The molecule has 1 saturated heterocycles. The van der Waals surface area contributed by atoms with Gasteiger partial charge in [0.1, 0.15) is 0 Å². The van der Waals surface area contributed by atoms with E-state index >= 15 is 0 Å². The fourth-order valence-electron chi connectivity index (χ4n) is 3.75. The van der Waals surface area contributed by atoms with Crippen molar-refractivity contribution in [3.63, 3.8) is 0 Å². The van der Waals surface area contributed by atoms with Gasteiger partial charge >= 0.3 is 6.18 Å². The predicted molar refractivity (Wildman–Crippen MR) is 128 cm³/mol. The zero-order chi connectivity index (χ0) is 25.4. The number of amides is 2. The molecule has 0 aromatic heterocycles. The van der Waals surface area contributed by atoms with Crippen molar-refractivity contribution in [2.45, 2.75) is 17.5 Å². The van der Waals surface area contributed by atoms with Crippen LogP contribution in [0.25, 0.3) is 0 Å². The van der Waals surface area contributed by atoms with Crippen LogP contribution in [-0.4, -0.2) is 74.3 Å². The molecule has 190 valence electrons. The maximum Gasteiger partial charge on any atom is 0.418 e. The molecule has 1 N–H and O–H groups in total. The second kappa shape index (κ2) is 12.2. The van der Waals surface area contributed by atoms with E-state index in [1.807, 2.05) is 17.0 Å². The molecule has 0 atom stereocenters. The normalized spacial score (nSPS) is 14.8. The third-order valence-corrected chi connectivity index (χ3v) is 6.51. The number of anilines is 1. The van der Waals surface area contributed by atoms with Gasteiger partial charge in [-0.05, 0) is 36.8 Å². The number of carbonyl (C=O) groups excluding carboxylic acids is 2. The lowest BCUT2D eigenvalue weighted by molar-refractivity contribution is -0.137. The molecule has 1 aliphatic heterocycles. The zero-order valence-corrected chi connectivity index (χ0v) is 20.4. The van der Waals surface area contributed by atoms with Gasteiger partial charge in [-0.1, -0.05) is 12.1 Å². The lowest BCUT2D eigenvalue weighted by Crippen LogP contribution is -2.38. The molecule has 1 aliphatic rings. The summed E-state index contributed by atoms with van der Waals surface area (Å²) in [6.45, 7) is 1.98. The second-order valence-corrected chi connectivity index (χ2v) is 8.96. The van der Waals surface area contributed by atoms with Crippen LogP contribution in [0.4, 0.5) is 18.9 Å². The van der Waals surface area contributed by atoms with Crippen LogP contribution in [0.1, 0.15) is 12.0 Å². The lowest BCUT2D eigenvalue weighted by Gasteiger charge is -2.22. The molecule has 0 bridgehead atoms. The molecule has 3 rings (SSSR count). The van der Waals surface area contributed by atoms with Crippen molar-refractivity contribution in [3.8, 4) is 11.5 Å². The number of nitrogens with zero attached hydrogens (tertiary/aromatic N) is 2. The smallest absolute Gasteiger partial charge is 0.418 e. The number of para-hydroxylation sites is 1. The quantitative estimate of drug-likeness (QED) is 0.541. The molecular formula is C24H28F3N3O4S. The fraction of sp³-hybridized carbons (Fsp3) is 0.417. The number of carbonyl (C=O) groups is 2. The summed E-state index contributed by atoms with van der Waals surface area (Å²) in [4.78, 5) is 29.6. The topological polar surface area (TPSA) is 71.1 Å². The highest BCUT2D eigenvalue weighted by atomic mass is 32.2. The number of thioether (sulfide) groups is 1. The Balaban J connectivity index is 1.49. The van der Waals surface area contributed by atoms with Crippen molar-refractivity contribution in [2.75, 3.05) is 58.0 Å². The number of rotatable bonds is 8. The Bertz CT molecular complexity index is 1040. The summed E-state index contributed by atoms with van der Waals surface area (Å²) < 4.78 is 50.0. The number of halogens is 3. The van der Waals surface area contributed by atoms with Crippen LogP contribution in [0, 0.1) is 0 Å². The molecule has 0 saturated carbocycles. The third-order valence-electron chi connectivity index (χ3n) is 5.53. The number of ether oxygens (including phenoxy) is 2. The Labute approximate surface area is 206 Å². The van der Waals surface area contributed by atoms with E-state index in [4.69, 9.17) is 9.47 Å². The Hall–Kier alpha value is -2.92. The molecule has 0 spiro atoms. The summed E-state index contributed by atoms with van der Waals surface area (Å²) in [6, 6.07) is 10.4. The predicted octanol–water partition coefficient (Wildman–Crippen LogP) is 3.99. The molecule has 1 heterocycles. The van der Waals surface area contributed by atoms with E-state index in [0.717, 1.165) is 11.0 Å². The van der Waals surface area contributed by atoms with Gasteiger partial charge in [-0.3, -0.25) is 14.5 Å². The van der Waals surface area contributed by atoms with Gasteiger partial charge in [0.15, 0.2) is 11.5 Å². The van der Waals surface area contributed by atoms with Crippen LogP contribution in [0.2, 0.25) is 0 Å². The highest BCUT2D eigenvalue weighted by molar-refractivity contribution is 8.00. The summed E-state index contributed by atoms with van der Waals surface area (Å²) in [5.41, 5.74) is -1.14. The van der Waals surface area contributed by atoms with Crippen molar-refractivity contribution in [2.24, 2.45) is 0 Å². The first-order chi connectivity index (χ1) is 16.7. The summed E-state index contributed by atoms with van der Waals surface area (Å²) >= 11 is 1.40. The van der Waals surface area contributed by atoms with E-state index in [1.54, 1.807) is 25.2 Å². The molecule has 2 aromatic carbocycles.